The number of hydrogen-bond acceptors (Lipinski definition) is 1. The minimum atomic E-state index is -6.86. The van der Waals surface area contributed by atoms with Crippen LogP contribution in [0, 0.1) is 5.41 Å². The first-order chi connectivity index (χ1) is 7.60. The van der Waals surface area contributed by atoms with E-state index in [0.29, 0.717) is 14.1 Å². The van der Waals surface area contributed by atoms with Crippen LogP contribution in [-0.4, -0.2) is 43.4 Å². The average molecular weight is 291 g/mol. The summed E-state index contributed by atoms with van der Waals surface area (Å²) in [4.78, 5) is 10.5. The van der Waals surface area contributed by atoms with Crippen molar-refractivity contribution < 1.29 is 44.3 Å². The van der Waals surface area contributed by atoms with Crippen LogP contribution >= 0.6 is 0 Å². The minimum absolute atomic E-state index is 0.361. The van der Waals surface area contributed by atoms with Crippen molar-refractivity contribution in [2.75, 3.05) is 14.1 Å². The molecule has 0 rings (SSSR count). The third kappa shape index (κ3) is 2.21. The van der Waals surface area contributed by atoms with Crippen LogP contribution in [0.4, 0.5) is 39.5 Å². The smallest absolute Gasteiger partial charge is 0.347 e. The van der Waals surface area contributed by atoms with E-state index in [4.69, 9.17) is 0 Å². The molecule has 1 amide bonds. The van der Waals surface area contributed by atoms with E-state index in [1.54, 1.807) is 0 Å². The zero-order valence-corrected chi connectivity index (χ0v) is 8.76. The van der Waals surface area contributed by atoms with Crippen molar-refractivity contribution in [3.63, 3.8) is 0 Å². The number of hydrogen-bond donors (Lipinski definition) is 0. The molecule has 0 bridgehead atoms. The second-order valence-electron chi connectivity index (χ2n) is 3.44. The second-order valence-corrected chi connectivity index (χ2v) is 3.44. The van der Waals surface area contributed by atoms with Crippen LogP contribution in [0.25, 0.3) is 0 Å². The fraction of sp³-hybridized carbons (Fsp3) is 0.857. The van der Waals surface area contributed by atoms with Gasteiger partial charge >= 0.3 is 23.9 Å². The van der Waals surface area contributed by atoms with Crippen molar-refractivity contribution in [3.05, 3.63) is 0 Å². The molecule has 0 aromatic heterocycles. The fourth-order valence-corrected chi connectivity index (χ4v) is 1.18. The Balaban J connectivity index is 6.37. The first kappa shape index (κ1) is 16.8. The summed E-state index contributed by atoms with van der Waals surface area (Å²) in [6.07, 6.45) is -20.6. The molecule has 0 heterocycles. The predicted molar refractivity (Wildman–Crippen MR) is 39.3 cm³/mol. The highest BCUT2D eigenvalue weighted by molar-refractivity contribution is 5.85. The molecule has 0 N–H and O–H groups in total. The molecule has 0 unspecified atom stereocenters. The summed E-state index contributed by atoms with van der Waals surface area (Å²) in [5.41, 5.74) is -6.42. The summed E-state index contributed by atoms with van der Waals surface area (Å²) < 4.78 is 111. The van der Waals surface area contributed by atoms with Crippen LogP contribution in [0.15, 0.2) is 0 Å². The van der Waals surface area contributed by atoms with E-state index < -0.39 is 34.8 Å². The summed E-state index contributed by atoms with van der Waals surface area (Å²) in [6, 6.07) is 0. The Morgan fingerprint density at radius 3 is 1.00 bits per heavy atom. The van der Waals surface area contributed by atoms with Crippen LogP contribution in [-0.2, 0) is 4.79 Å². The molecule has 0 aliphatic carbocycles. The van der Waals surface area contributed by atoms with Gasteiger partial charge in [0.25, 0.3) is 5.91 Å². The molecule has 0 fully saturated rings. The van der Waals surface area contributed by atoms with Crippen LogP contribution in [0.1, 0.15) is 0 Å². The summed E-state index contributed by atoms with van der Waals surface area (Å²) in [5, 5.41) is 0. The summed E-state index contributed by atoms with van der Waals surface area (Å²) in [6.45, 7) is 0. The van der Waals surface area contributed by atoms with Crippen LogP contribution in [0.2, 0.25) is 0 Å². The van der Waals surface area contributed by atoms with E-state index in [0.717, 1.165) is 0 Å². The molecule has 0 saturated carbocycles. The first-order valence-corrected chi connectivity index (χ1v) is 4.02. The van der Waals surface area contributed by atoms with Gasteiger partial charge in [-0.1, -0.05) is 0 Å². The Morgan fingerprint density at radius 1 is 0.722 bits per heavy atom. The molecule has 0 aliphatic heterocycles. The van der Waals surface area contributed by atoms with Crippen molar-refractivity contribution in [1.29, 1.82) is 0 Å². The highest BCUT2D eigenvalue weighted by Crippen LogP contribution is 2.59. The van der Waals surface area contributed by atoms with Gasteiger partial charge in [0.05, 0.1) is 0 Å². The maximum absolute atomic E-state index is 12.3. The molecule has 0 aliphatic rings. The van der Waals surface area contributed by atoms with Crippen molar-refractivity contribution in [3.8, 4) is 0 Å². The van der Waals surface area contributed by atoms with Crippen LogP contribution in [0.5, 0.6) is 0 Å². The quantitative estimate of drug-likeness (QED) is 0.680. The van der Waals surface area contributed by atoms with Gasteiger partial charge in [-0.15, -0.1) is 0 Å². The largest absolute Gasteiger partial charge is 0.421 e. The van der Waals surface area contributed by atoms with Crippen molar-refractivity contribution in [2.24, 2.45) is 5.41 Å². The lowest BCUT2D eigenvalue weighted by molar-refractivity contribution is -0.408. The van der Waals surface area contributed by atoms with Crippen LogP contribution < -0.4 is 0 Å². The number of carbonyl (C=O) groups is 1. The molecule has 0 saturated heterocycles. The van der Waals surface area contributed by atoms with E-state index in [-0.39, 0.29) is 0 Å². The van der Waals surface area contributed by atoms with E-state index in [1.165, 1.54) is 0 Å². The number of alkyl halides is 9. The van der Waals surface area contributed by atoms with Gasteiger partial charge in [-0.2, -0.15) is 39.5 Å². The van der Waals surface area contributed by atoms with Gasteiger partial charge < -0.3 is 4.90 Å². The lowest BCUT2D eigenvalue weighted by Gasteiger charge is -2.38. The molecule has 18 heavy (non-hydrogen) atoms. The highest BCUT2D eigenvalue weighted by Gasteiger charge is 2.88. The SMILES string of the molecule is CN(C)C(=O)C(C(F)(F)F)(C(F)(F)F)C(F)(F)F. The predicted octanol–water partition coefficient (Wildman–Crippen LogP) is 2.75. The third-order valence-electron chi connectivity index (χ3n) is 2.00. The summed E-state index contributed by atoms with van der Waals surface area (Å²) in [5.74, 6) is -3.14. The zero-order chi connectivity index (χ0) is 15.2. The molecular formula is C7H6F9NO. The topological polar surface area (TPSA) is 20.3 Å². The van der Waals surface area contributed by atoms with E-state index in [2.05, 4.69) is 0 Å². The van der Waals surface area contributed by atoms with Gasteiger partial charge in [0, 0.05) is 14.1 Å². The molecule has 0 aromatic rings. The highest BCUT2D eigenvalue weighted by atomic mass is 19.4. The molecule has 0 aromatic carbocycles. The van der Waals surface area contributed by atoms with E-state index in [1.807, 2.05) is 0 Å². The molecule has 11 heteroatoms. The van der Waals surface area contributed by atoms with Gasteiger partial charge in [0.15, 0.2) is 0 Å². The van der Waals surface area contributed by atoms with Crippen molar-refractivity contribution in [1.82, 2.24) is 4.90 Å². The zero-order valence-electron chi connectivity index (χ0n) is 8.76. The molecule has 108 valence electrons. The Morgan fingerprint density at radius 2 is 0.944 bits per heavy atom. The summed E-state index contributed by atoms with van der Waals surface area (Å²) in [7, 11) is 0.723. The Kier molecular flexibility index (Phi) is 3.92. The Hall–Kier alpha value is -1.16. The fourth-order valence-electron chi connectivity index (χ4n) is 1.18. The normalized spacial score (nSPS) is 14.6. The van der Waals surface area contributed by atoms with Crippen LogP contribution in [0.3, 0.4) is 0 Å². The first-order valence-electron chi connectivity index (χ1n) is 4.02. The molecular weight excluding hydrogens is 285 g/mol. The number of amides is 1. The number of carbonyl (C=O) groups excluding carboxylic acids is 1. The Bertz CT molecular complexity index is 287. The molecule has 0 atom stereocenters. The lowest BCUT2D eigenvalue weighted by atomic mass is 9.83. The van der Waals surface area contributed by atoms with Gasteiger partial charge in [-0.25, -0.2) is 0 Å². The van der Waals surface area contributed by atoms with Gasteiger partial charge in [0.2, 0.25) is 0 Å². The van der Waals surface area contributed by atoms with Gasteiger partial charge in [-0.05, 0) is 0 Å². The average Bonchev–Trinajstić information content (AvgIpc) is 1.94. The number of rotatable bonds is 1. The van der Waals surface area contributed by atoms with Gasteiger partial charge in [-0.3, -0.25) is 4.79 Å². The lowest BCUT2D eigenvalue weighted by Crippen LogP contribution is -2.66. The molecule has 0 radical (unpaired) electrons. The summed E-state index contributed by atoms with van der Waals surface area (Å²) >= 11 is 0. The minimum Gasteiger partial charge on any atom is -0.347 e. The molecule has 0 spiro atoms. The van der Waals surface area contributed by atoms with E-state index in [9.17, 15) is 44.3 Å². The molecule has 2 nitrogen and oxygen atoms in total. The van der Waals surface area contributed by atoms with E-state index >= 15 is 0 Å². The third-order valence-corrected chi connectivity index (χ3v) is 2.00. The Labute approximate surface area is 94.3 Å². The maximum atomic E-state index is 12.3. The van der Waals surface area contributed by atoms with Crippen molar-refractivity contribution in [2.45, 2.75) is 18.5 Å². The number of nitrogens with zero attached hydrogens (tertiary/aromatic N) is 1. The van der Waals surface area contributed by atoms with Crippen molar-refractivity contribution >= 4 is 5.91 Å². The second kappa shape index (κ2) is 4.19. The van der Waals surface area contributed by atoms with Gasteiger partial charge in [0.1, 0.15) is 0 Å². The standard InChI is InChI=1S/C7H6F9NO/c1-17(2)3(18)4(5(8,9)10,6(11,12)13)7(14,15)16/h1-2H3. The maximum Gasteiger partial charge on any atom is 0.421 e. The monoisotopic (exact) mass is 291 g/mol. The number of halogens is 9.